The molecule has 0 spiro atoms. The van der Waals surface area contributed by atoms with Gasteiger partial charge in [0.15, 0.2) is 5.82 Å². The molecule has 2 rings (SSSR count). The van der Waals surface area contributed by atoms with Crippen molar-refractivity contribution in [3.63, 3.8) is 0 Å². The molecule has 6 nitrogen and oxygen atoms in total. The zero-order valence-corrected chi connectivity index (χ0v) is 11.7. The van der Waals surface area contributed by atoms with Crippen LogP contribution in [-0.4, -0.2) is 42.0 Å². The van der Waals surface area contributed by atoms with Crippen LogP contribution in [0.15, 0.2) is 17.2 Å². The molecule has 1 aliphatic heterocycles. The van der Waals surface area contributed by atoms with Crippen molar-refractivity contribution < 1.29 is 9.47 Å². The minimum Gasteiger partial charge on any atom is -0.378 e. The number of anilines is 1. The lowest BCUT2D eigenvalue weighted by Crippen LogP contribution is -2.41. The number of methoxy groups -OCH3 is 1. The van der Waals surface area contributed by atoms with Gasteiger partial charge >= 0.3 is 0 Å². The largest absolute Gasteiger partial charge is 0.378 e. The van der Waals surface area contributed by atoms with E-state index in [9.17, 15) is 4.79 Å². The second-order valence-corrected chi connectivity index (χ2v) is 5.13. The molecule has 0 aromatic carbocycles. The van der Waals surface area contributed by atoms with Crippen molar-refractivity contribution in [3.8, 4) is 0 Å². The number of nitrogens with one attached hydrogen (secondary N) is 1. The highest BCUT2D eigenvalue weighted by atomic mass is 16.5. The summed E-state index contributed by atoms with van der Waals surface area (Å²) in [5.41, 5.74) is -0.463. The van der Waals surface area contributed by atoms with Crippen molar-refractivity contribution in [2.75, 3.05) is 32.2 Å². The lowest BCUT2D eigenvalue weighted by molar-refractivity contribution is -0.00627. The summed E-state index contributed by atoms with van der Waals surface area (Å²) in [4.78, 5) is 16.3. The van der Waals surface area contributed by atoms with Gasteiger partial charge in [-0.25, -0.2) is 4.98 Å². The van der Waals surface area contributed by atoms with Gasteiger partial charge in [-0.2, -0.15) is 0 Å². The molecule has 1 atom stereocenters. The molecule has 1 aliphatic rings. The van der Waals surface area contributed by atoms with E-state index in [0.29, 0.717) is 25.6 Å². The number of rotatable bonds is 5. The van der Waals surface area contributed by atoms with Crippen LogP contribution in [0.4, 0.5) is 5.82 Å². The quantitative estimate of drug-likeness (QED) is 0.863. The second-order valence-electron chi connectivity index (χ2n) is 5.13. The molecule has 0 bridgehead atoms. The van der Waals surface area contributed by atoms with Gasteiger partial charge in [0.25, 0.3) is 5.56 Å². The molecule has 2 heterocycles. The van der Waals surface area contributed by atoms with Crippen LogP contribution in [-0.2, 0) is 9.47 Å². The van der Waals surface area contributed by atoms with Crippen molar-refractivity contribution in [1.29, 1.82) is 0 Å². The summed E-state index contributed by atoms with van der Waals surface area (Å²) in [6, 6.07) is 0.113. The Labute approximate surface area is 112 Å². The molecule has 0 amide bonds. The topological polar surface area (TPSA) is 65.4 Å². The molecule has 1 saturated heterocycles. The third kappa shape index (κ3) is 2.96. The molecule has 0 radical (unpaired) electrons. The first kappa shape index (κ1) is 14.0. The highest BCUT2D eigenvalue weighted by molar-refractivity contribution is 5.31. The Bertz CT molecular complexity index is 478. The lowest BCUT2D eigenvalue weighted by Gasteiger charge is -2.26. The Morgan fingerprint density at radius 3 is 3.00 bits per heavy atom. The maximum Gasteiger partial charge on any atom is 0.293 e. The molecule has 6 heteroatoms. The summed E-state index contributed by atoms with van der Waals surface area (Å²) < 4.78 is 12.5. The van der Waals surface area contributed by atoms with Gasteiger partial charge in [0.05, 0.1) is 6.61 Å². The maximum atomic E-state index is 12.2. The first-order valence-electron chi connectivity index (χ1n) is 6.52. The van der Waals surface area contributed by atoms with Gasteiger partial charge in [-0.15, -0.1) is 0 Å². The smallest absolute Gasteiger partial charge is 0.293 e. The van der Waals surface area contributed by atoms with E-state index in [2.05, 4.69) is 10.3 Å². The van der Waals surface area contributed by atoms with Crippen LogP contribution >= 0.6 is 0 Å². The molecular weight excluding hydrogens is 246 g/mol. The van der Waals surface area contributed by atoms with Crippen molar-refractivity contribution >= 4 is 5.82 Å². The average molecular weight is 267 g/mol. The molecule has 1 aromatic rings. The normalized spacial score (nSPS) is 22.9. The molecule has 1 fully saturated rings. The van der Waals surface area contributed by atoms with Gasteiger partial charge in [-0.1, -0.05) is 0 Å². The molecule has 1 unspecified atom stereocenters. The summed E-state index contributed by atoms with van der Waals surface area (Å²) in [5, 5.41) is 3.09. The zero-order valence-electron chi connectivity index (χ0n) is 11.7. The first-order valence-corrected chi connectivity index (χ1v) is 6.52. The molecule has 1 N–H and O–H groups in total. The van der Waals surface area contributed by atoms with Crippen LogP contribution < -0.4 is 10.9 Å². The first-order chi connectivity index (χ1) is 9.08. The second kappa shape index (κ2) is 5.71. The predicted octanol–water partition coefficient (Wildman–Crippen LogP) is 1.04. The number of hydrogen-bond donors (Lipinski definition) is 1. The molecule has 19 heavy (non-hydrogen) atoms. The molecule has 106 valence electrons. The zero-order chi connectivity index (χ0) is 13.9. The van der Waals surface area contributed by atoms with Gasteiger partial charge in [-0.3, -0.25) is 4.79 Å². The number of aromatic nitrogens is 2. The highest BCUT2D eigenvalue weighted by Crippen LogP contribution is 2.22. The van der Waals surface area contributed by atoms with Crippen molar-refractivity contribution in [3.05, 3.63) is 22.7 Å². The predicted molar refractivity (Wildman–Crippen MR) is 72.5 cm³/mol. The van der Waals surface area contributed by atoms with Crippen LogP contribution in [0.1, 0.15) is 26.3 Å². The Morgan fingerprint density at radius 1 is 1.63 bits per heavy atom. The summed E-state index contributed by atoms with van der Waals surface area (Å²) in [6.07, 6.45) is 4.15. The Balaban J connectivity index is 2.11. The summed E-state index contributed by atoms with van der Waals surface area (Å²) in [7, 11) is 1.67. The van der Waals surface area contributed by atoms with Crippen molar-refractivity contribution in [2.24, 2.45) is 0 Å². The van der Waals surface area contributed by atoms with Crippen molar-refractivity contribution in [2.45, 2.75) is 31.9 Å². The third-order valence-corrected chi connectivity index (χ3v) is 3.50. The van der Waals surface area contributed by atoms with E-state index in [4.69, 9.17) is 9.47 Å². The fourth-order valence-electron chi connectivity index (χ4n) is 2.16. The fraction of sp³-hybridized carbons (Fsp3) is 0.692. The Kier molecular flexibility index (Phi) is 4.21. The Morgan fingerprint density at radius 2 is 2.42 bits per heavy atom. The highest BCUT2D eigenvalue weighted by Gasteiger charge is 2.35. The number of hydrogen-bond acceptors (Lipinski definition) is 5. The summed E-state index contributed by atoms with van der Waals surface area (Å²) >= 11 is 0. The standard InChI is InChI=1S/C13H21N3O3/c1-10(2)16-6-5-14-11(12(16)17)15-8-13(18-3)4-7-19-9-13/h5-6,10H,4,7-9H2,1-3H3,(H,14,15). The van der Waals surface area contributed by atoms with Gasteiger partial charge < -0.3 is 19.4 Å². The minimum absolute atomic E-state index is 0.109. The average Bonchev–Trinajstić information content (AvgIpc) is 2.87. The molecule has 0 aliphatic carbocycles. The van der Waals surface area contributed by atoms with E-state index in [1.165, 1.54) is 0 Å². The van der Waals surface area contributed by atoms with Crippen LogP contribution in [0, 0.1) is 0 Å². The number of ether oxygens (including phenoxy) is 2. The number of nitrogens with zero attached hydrogens (tertiary/aromatic N) is 2. The SMILES string of the molecule is COC1(CNc2nccn(C(C)C)c2=O)CCOC1. The van der Waals surface area contributed by atoms with E-state index >= 15 is 0 Å². The van der Waals surface area contributed by atoms with Crippen LogP contribution in [0.25, 0.3) is 0 Å². The minimum atomic E-state index is -0.355. The monoisotopic (exact) mass is 267 g/mol. The van der Waals surface area contributed by atoms with Crippen LogP contribution in [0.3, 0.4) is 0 Å². The maximum absolute atomic E-state index is 12.2. The lowest BCUT2D eigenvalue weighted by atomic mass is 10.0. The molecule has 0 saturated carbocycles. The van der Waals surface area contributed by atoms with Crippen molar-refractivity contribution in [1.82, 2.24) is 9.55 Å². The van der Waals surface area contributed by atoms with Crippen LogP contribution in [0.2, 0.25) is 0 Å². The van der Waals surface area contributed by atoms with Gasteiger partial charge in [0.2, 0.25) is 0 Å². The molecular formula is C13H21N3O3. The van der Waals surface area contributed by atoms with Gasteiger partial charge in [0.1, 0.15) is 5.60 Å². The summed E-state index contributed by atoms with van der Waals surface area (Å²) in [6.45, 7) is 5.68. The fourth-order valence-corrected chi connectivity index (χ4v) is 2.16. The van der Waals surface area contributed by atoms with E-state index in [1.54, 1.807) is 24.1 Å². The van der Waals surface area contributed by atoms with E-state index in [1.807, 2.05) is 13.8 Å². The van der Waals surface area contributed by atoms with Gasteiger partial charge in [-0.05, 0) is 13.8 Å². The van der Waals surface area contributed by atoms with Crippen LogP contribution in [0.5, 0.6) is 0 Å². The van der Waals surface area contributed by atoms with Gasteiger partial charge in [0, 0.05) is 45.1 Å². The summed E-state index contributed by atoms with van der Waals surface area (Å²) in [5.74, 6) is 0.361. The van der Waals surface area contributed by atoms with E-state index < -0.39 is 0 Å². The third-order valence-electron chi connectivity index (χ3n) is 3.50. The van der Waals surface area contributed by atoms with E-state index in [0.717, 1.165) is 6.42 Å². The Hall–Kier alpha value is -1.40. The molecule has 1 aromatic heterocycles. The van der Waals surface area contributed by atoms with E-state index in [-0.39, 0.29) is 17.2 Å².